The van der Waals surface area contributed by atoms with Gasteiger partial charge in [0.05, 0.1) is 19.3 Å². The summed E-state index contributed by atoms with van der Waals surface area (Å²) in [5.74, 6) is 0.627. The molecule has 1 N–H and O–H groups in total. The Hall–Kier alpha value is -0.0800. The summed E-state index contributed by atoms with van der Waals surface area (Å²) in [6, 6.07) is 0. The fourth-order valence-corrected chi connectivity index (χ4v) is 1.20. The van der Waals surface area contributed by atoms with Crippen molar-refractivity contribution in [1.29, 1.82) is 0 Å². The summed E-state index contributed by atoms with van der Waals surface area (Å²) in [4.78, 5) is 0. The van der Waals surface area contributed by atoms with E-state index in [0.29, 0.717) is 25.0 Å². The normalized spacial score (nSPS) is 39.0. The van der Waals surface area contributed by atoms with E-state index in [2.05, 4.69) is 0 Å². The Kier molecular flexibility index (Phi) is 2.09. The Bertz CT molecular complexity index is 82.9. The highest BCUT2D eigenvalue weighted by atomic mass is 16.5. The van der Waals surface area contributed by atoms with Gasteiger partial charge in [0.25, 0.3) is 0 Å². The highest BCUT2D eigenvalue weighted by Crippen LogP contribution is 2.18. The van der Waals surface area contributed by atoms with Crippen LogP contribution in [0.5, 0.6) is 0 Å². The van der Waals surface area contributed by atoms with Gasteiger partial charge in [-0.1, -0.05) is 13.8 Å². The van der Waals surface area contributed by atoms with Crippen molar-refractivity contribution in [3.05, 3.63) is 0 Å². The Morgan fingerprint density at radius 1 is 1.22 bits per heavy atom. The Morgan fingerprint density at radius 3 is 2.00 bits per heavy atom. The molecule has 0 spiro atoms. The Labute approximate surface area is 55.8 Å². The molecule has 1 heterocycles. The van der Waals surface area contributed by atoms with Gasteiger partial charge in [0.15, 0.2) is 0 Å². The first-order valence-corrected chi connectivity index (χ1v) is 3.47. The number of rotatable bonds is 0. The average molecular weight is 130 g/mol. The zero-order chi connectivity index (χ0) is 6.85. The van der Waals surface area contributed by atoms with Gasteiger partial charge >= 0.3 is 0 Å². The molecule has 2 heteroatoms. The molecule has 1 aliphatic heterocycles. The molecule has 0 aromatic heterocycles. The molecule has 2 nitrogen and oxygen atoms in total. The summed E-state index contributed by atoms with van der Waals surface area (Å²) in [5, 5.41) is 9.37. The molecule has 0 amide bonds. The van der Waals surface area contributed by atoms with E-state index in [-0.39, 0.29) is 6.10 Å². The molecular formula is C7H14O2. The van der Waals surface area contributed by atoms with E-state index in [1.54, 1.807) is 0 Å². The highest BCUT2D eigenvalue weighted by Gasteiger charge is 2.25. The lowest BCUT2D eigenvalue weighted by Gasteiger charge is -2.30. The van der Waals surface area contributed by atoms with E-state index in [9.17, 15) is 5.11 Å². The van der Waals surface area contributed by atoms with Crippen LogP contribution in [0.4, 0.5) is 0 Å². The molecule has 1 fully saturated rings. The number of ether oxygens (including phenoxy) is 1. The first-order chi connectivity index (χ1) is 4.22. The Balaban J connectivity index is 2.41. The van der Waals surface area contributed by atoms with E-state index in [4.69, 9.17) is 4.74 Å². The summed E-state index contributed by atoms with van der Waals surface area (Å²) in [6.07, 6.45) is -0.154. The quantitative estimate of drug-likeness (QED) is 0.521. The van der Waals surface area contributed by atoms with Gasteiger partial charge in [-0.25, -0.2) is 0 Å². The van der Waals surface area contributed by atoms with E-state index < -0.39 is 0 Å². The minimum Gasteiger partial charge on any atom is -0.392 e. The molecule has 0 bridgehead atoms. The molecule has 9 heavy (non-hydrogen) atoms. The lowest BCUT2D eigenvalue weighted by molar-refractivity contribution is -0.0670. The van der Waals surface area contributed by atoms with E-state index in [0.717, 1.165) is 0 Å². The van der Waals surface area contributed by atoms with Crippen LogP contribution >= 0.6 is 0 Å². The Morgan fingerprint density at radius 2 is 1.67 bits per heavy atom. The van der Waals surface area contributed by atoms with Crippen LogP contribution in [-0.2, 0) is 4.74 Å². The van der Waals surface area contributed by atoms with E-state index in [1.165, 1.54) is 0 Å². The van der Waals surface area contributed by atoms with Gasteiger partial charge in [0.1, 0.15) is 0 Å². The lowest BCUT2D eigenvalue weighted by atomic mass is 9.92. The first kappa shape index (κ1) is 7.03. The van der Waals surface area contributed by atoms with Gasteiger partial charge < -0.3 is 9.84 Å². The minimum absolute atomic E-state index is 0.154. The summed E-state index contributed by atoms with van der Waals surface area (Å²) in [7, 11) is 0. The largest absolute Gasteiger partial charge is 0.392 e. The van der Waals surface area contributed by atoms with E-state index >= 15 is 0 Å². The monoisotopic (exact) mass is 130 g/mol. The zero-order valence-corrected chi connectivity index (χ0v) is 6.00. The molecule has 2 atom stereocenters. The van der Waals surface area contributed by atoms with Gasteiger partial charge in [-0.05, 0) is 0 Å². The number of hydrogen-bond acceptors (Lipinski definition) is 2. The summed E-state index contributed by atoms with van der Waals surface area (Å²) in [6.45, 7) is 5.46. The summed E-state index contributed by atoms with van der Waals surface area (Å²) >= 11 is 0. The lowest BCUT2D eigenvalue weighted by Crippen LogP contribution is -2.36. The van der Waals surface area contributed by atoms with Crippen LogP contribution in [0.2, 0.25) is 0 Å². The van der Waals surface area contributed by atoms with Gasteiger partial charge in [0, 0.05) is 11.8 Å². The molecule has 1 aliphatic rings. The SMILES string of the molecule is C[C@H]1COC[C@H](C)C1O. The highest BCUT2D eigenvalue weighted by molar-refractivity contribution is 4.73. The molecule has 1 saturated heterocycles. The predicted molar refractivity (Wildman–Crippen MR) is 35.2 cm³/mol. The molecular weight excluding hydrogens is 116 g/mol. The maximum Gasteiger partial charge on any atom is 0.0635 e. The second-order valence-corrected chi connectivity index (χ2v) is 2.98. The van der Waals surface area contributed by atoms with Crippen LogP contribution in [0, 0.1) is 11.8 Å². The van der Waals surface area contributed by atoms with Crippen molar-refractivity contribution in [3.8, 4) is 0 Å². The first-order valence-electron chi connectivity index (χ1n) is 3.47. The second-order valence-electron chi connectivity index (χ2n) is 2.98. The zero-order valence-electron chi connectivity index (χ0n) is 6.00. The molecule has 0 radical (unpaired) electrons. The smallest absolute Gasteiger partial charge is 0.0635 e. The molecule has 0 saturated carbocycles. The standard InChI is InChI=1S/C7H14O2/c1-5-3-9-4-6(2)7(5)8/h5-8H,3-4H2,1-2H3/t5-,6-/m0/s1. The van der Waals surface area contributed by atoms with Crippen LogP contribution in [0.3, 0.4) is 0 Å². The predicted octanol–water partition coefficient (Wildman–Crippen LogP) is 0.650. The van der Waals surface area contributed by atoms with Gasteiger partial charge in [0.2, 0.25) is 0 Å². The number of aliphatic hydroxyl groups excluding tert-OH is 1. The summed E-state index contributed by atoms with van der Waals surface area (Å²) < 4.78 is 5.20. The third kappa shape index (κ3) is 1.43. The number of hydrogen-bond donors (Lipinski definition) is 1. The van der Waals surface area contributed by atoms with Crippen molar-refractivity contribution in [3.63, 3.8) is 0 Å². The van der Waals surface area contributed by atoms with Crippen LogP contribution in [0.1, 0.15) is 13.8 Å². The fraction of sp³-hybridized carbons (Fsp3) is 1.00. The fourth-order valence-electron chi connectivity index (χ4n) is 1.20. The van der Waals surface area contributed by atoms with Crippen LogP contribution < -0.4 is 0 Å². The maximum atomic E-state index is 9.37. The van der Waals surface area contributed by atoms with Gasteiger partial charge in [-0.2, -0.15) is 0 Å². The van der Waals surface area contributed by atoms with E-state index in [1.807, 2.05) is 13.8 Å². The maximum absolute atomic E-state index is 9.37. The third-order valence-electron chi connectivity index (χ3n) is 1.93. The molecule has 0 aromatic rings. The van der Waals surface area contributed by atoms with Gasteiger partial charge in [-0.15, -0.1) is 0 Å². The second kappa shape index (κ2) is 2.67. The molecule has 0 aliphatic carbocycles. The van der Waals surface area contributed by atoms with Crippen molar-refractivity contribution in [2.75, 3.05) is 13.2 Å². The van der Waals surface area contributed by atoms with Crippen LogP contribution in [0.25, 0.3) is 0 Å². The van der Waals surface area contributed by atoms with Crippen molar-refractivity contribution in [1.82, 2.24) is 0 Å². The third-order valence-corrected chi connectivity index (χ3v) is 1.93. The topological polar surface area (TPSA) is 29.5 Å². The minimum atomic E-state index is -0.154. The van der Waals surface area contributed by atoms with Crippen molar-refractivity contribution < 1.29 is 9.84 Å². The van der Waals surface area contributed by atoms with Crippen molar-refractivity contribution in [2.45, 2.75) is 20.0 Å². The van der Waals surface area contributed by atoms with Gasteiger partial charge in [-0.3, -0.25) is 0 Å². The van der Waals surface area contributed by atoms with Crippen molar-refractivity contribution in [2.24, 2.45) is 11.8 Å². The van der Waals surface area contributed by atoms with Crippen molar-refractivity contribution >= 4 is 0 Å². The van der Waals surface area contributed by atoms with Crippen LogP contribution in [0.15, 0.2) is 0 Å². The number of aliphatic hydroxyl groups is 1. The summed E-state index contributed by atoms with van der Waals surface area (Å²) in [5.41, 5.74) is 0. The molecule has 1 rings (SSSR count). The molecule has 0 aromatic carbocycles. The molecule has 0 unspecified atom stereocenters. The molecule has 54 valence electrons. The average Bonchev–Trinajstić information content (AvgIpc) is 1.83. The van der Waals surface area contributed by atoms with Crippen LogP contribution in [-0.4, -0.2) is 24.4 Å².